The van der Waals surface area contributed by atoms with Crippen LogP contribution in [0.1, 0.15) is 0 Å². The first-order valence-corrected chi connectivity index (χ1v) is 5.67. The average Bonchev–Trinajstić information content (AvgIpc) is 2.70. The molecule has 1 aromatic heterocycles. The standard InChI is InChI=1S/C14H13N3O/c1-17-14(15)11(8-16-17)13-10-5-3-2-4-9(10)6-7-12(13)18/h2-8,18H,15H2,1H3. The Labute approximate surface area is 104 Å². The van der Waals surface area contributed by atoms with Gasteiger partial charge >= 0.3 is 0 Å². The summed E-state index contributed by atoms with van der Waals surface area (Å²) in [6.07, 6.45) is 1.68. The van der Waals surface area contributed by atoms with Crippen LogP contribution < -0.4 is 5.73 Å². The zero-order chi connectivity index (χ0) is 12.7. The summed E-state index contributed by atoms with van der Waals surface area (Å²) in [7, 11) is 1.78. The van der Waals surface area contributed by atoms with Gasteiger partial charge in [0.2, 0.25) is 0 Å². The summed E-state index contributed by atoms with van der Waals surface area (Å²) < 4.78 is 1.59. The van der Waals surface area contributed by atoms with Gasteiger partial charge in [0.15, 0.2) is 0 Å². The van der Waals surface area contributed by atoms with Crippen LogP contribution in [-0.4, -0.2) is 14.9 Å². The van der Waals surface area contributed by atoms with E-state index in [2.05, 4.69) is 5.10 Å². The number of rotatable bonds is 1. The molecule has 0 amide bonds. The minimum absolute atomic E-state index is 0.216. The molecule has 0 atom stereocenters. The van der Waals surface area contributed by atoms with Gasteiger partial charge in [0.25, 0.3) is 0 Å². The minimum atomic E-state index is 0.216. The van der Waals surface area contributed by atoms with Crippen LogP contribution in [0.3, 0.4) is 0 Å². The Morgan fingerprint density at radius 1 is 1.17 bits per heavy atom. The molecule has 3 rings (SSSR count). The molecule has 4 heteroatoms. The van der Waals surface area contributed by atoms with E-state index in [9.17, 15) is 5.11 Å². The number of anilines is 1. The van der Waals surface area contributed by atoms with E-state index in [0.717, 1.165) is 21.9 Å². The van der Waals surface area contributed by atoms with Crippen molar-refractivity contribution in [2.24, 2.45) is 7.05 Å². The van der Waals surface area contributed by atoms with Gasteiger partial charge in [-0.2, -0.15) is 5.10 Å². The van der Waals surface area contributed by atoms with Crippen LogP contribution in [-0.2, 0) is 7.05 Å². The summed E-state index contributed by atoms with van der Waals surface area (Å²) in [5, 5.41) is 16.3. The lowest BCUT2D eigenvalue weighted by Crippen LogP contribution is -1.98. The molecule has 0 aliphatic heterocycles. The first kappa shape index (κ1) is 10.7. The molecule has 0 saturated carbocycles. The number of benzene rings is 2. The third-order valence-corrected chi connectivity index (χ3v) is 3.16. The van der Waals surface area contributed by atoms with Crippen molar-refractivity contribution in [3.8, 4) is 16.9 Å². The van der Waals surface area contributed by atoms with Gasteiger partial charge in [-0.3, -0.25) is 4.68 Å². The SMILES string of the molecule is Cn1ncc(-c2c(O)ccc3ccccc23)c1N. The smallest absolute Gasteiger partial charge is 0.129 e. The summed E-state index contributed by atoms with van der Waals surface area (Å²) >= 11 is 0. The number of nitrogens with two attached hydrogens (primary N) is 1. The summed E-state index contributed by atoms with van der Waals surface area (Å²) in [5.74, 6) is 0.759. The largest absolute Gasteiger partial charge is 0.507 e. The average molecular weight is 239 g/mol. The van der Waals surface area contributed by atoms with E-state index in [0.29, 0.717) is 5.82 Å². The fraction of sp³-hybridized carbons (Fsp3) is 0.0714. The van der Waals surface area contributed by atoms with E-state index < -0.39 is 0 Å². The van der Waals surface area contributed by atoms with Gasteiger partial charge in [-0.05, 0) is 16.8 Å². The van der Waals surface area contributed by atoms with Crippen molar-refractivity contribution >= 4 is 16.6 Å². The van der Waals surface area contributed by atoms with Crippen LogP contribution in [0.25, 0.3) is 21.9 Å². The molecule has 0 aliphatic carbocycles. The highest BCUT2D eigenvalue weighted by Gasteiger charge is 2.14. The lowest BCUT2D eigenvalue weighted by Gasteiger charge is -2.08. The number of hydrogen-bond acceptors (Lipinski definition) is 3. The summed E-state index contributed by atoms with van der Waals surface area (Å²) in [4.78, 5) is 0. The van der Waals surface area contributed by atoms with Crippen LogP contribution in [0.2, 0.25) is 0 Å². The third-order valence-electron chi connectivity index (χ3n) is 3.16. The maximum atomic E-state index is 10.1. The maximum absolute atomic E-state index is 10.1. The Morgan fingerprint density at radius 2 is 1.94 bits per heavy atom. The number of hydrogen-bond donors (Lipinski definition) is 2. The second-order valence-electron chi connectivity index (χ2n) is 4.25. The number of nitrogens with zero attached hydrogens (tertiary/aromatic N) is 2. The predicted octanol–water partition coefficient (Wildman–Crippen LogP) is 2.53. The molecule has 0 fully saturated rings. The molecule has 0 spiro atoms. The molecule has 0 saturated heterocycles. The molecular formula is C14H13N3O. The van der Waals surface area contributed by atoms with Crippen molar-refractivity contribution in [2.75, 3.05) is 5.73 Å². The molecule has 0 unspecified atom stereocenters. The van der Waals surface area contributed by atoms with Crippen molar-refractivity contribution in [1.82, 2.24) is 9.78 Å². The lowest BCUT2D eigenvalue weighted by molar-refractivity contribution is 0.478. The highest BCUT2D eigenvalue weighted by Crippen LogP contribution is 2.38. The zero-order valence-electron chi connectivity index (χ0n) is 9.96. The second-order valence-corrected chi connectivity index (χ2v) is 4.25. The van der Waals surface area contributed by atoms with E-state index in [-0.39, 0.29) is 5.75 Å². The fourth-order valence-corrected chi connectivity index (χ4v) is 2.18. The van der Waals surface area contributed by atoms with Gasteiger partial charge in [0.05, 0.1) is 6.20 Å². The number of aromatic hydroxyl groups is 1. The Morgan fingerprint density at radius 3 is 2.67 bits per heavy atom. The predicted molar refractivity (Wildman–Crippen MR) is 72.2 cm³/mol. The maximum Gasteiger partial charge on any atom is 0.129 e. The highest BCUT2D eigenvalue weighted by atomic mass is 16.3. The first-order chi connectivity index (χ1) is 8.68. The molecule has 4 nitrogen and oxygen atoms in total. The van der Waals surface area contributed by atoms with Crippen LogP contribution >= 0.6 is 0 Å². The first-order valence-electron chi connectivity index (χ1n) is 5.67. The van der Waals surface area contributed by atoms with E-state index in [1.807, 2.05) is 30.3 Å². The van der Waals surface area contributed by atoms with Gasteiger partial charge in [-0.1, -0.05) is 30.3 Å². The number of aromatic nitrogens is 2. The normalized spacial score (nSPS) is 10.9. The Hall–Kier alpha value is -2.49. The third kappa shape index (κ3) is 1.43. The van der Waals surface area contributed by atoms with Gasteiger partial charge in [-0.25, -0.2) is 0 Å². The number of aryl methyl sites for hydroxylation is 1. The lowest BCUT2D eigenvalue weighted by atomic mass is 9.99. The van der Waals surface area contributed by atoms with Crippen molar-refractivity contribution in [1.29, 1.82) is 0 Å². The Kier molecular flexibility index (Phi) is 2.23. The van der Waals surface area contributed by atoms with Gasteiger partial charge in [0.1, 0.15) is 11.6 Å². The molecular weight excluding hydrogens is 226 g/mol. The molecule has 3 N–H and O–H groups in total. The number of nitrogen functional groups attached to an aromatic ring is 1. The number of phenols is 1. The quantitative estimate of drug-likeness (QED) is 0.685. The van der Waals surface area contributed by atoms with Crippen molar-refractivity contribution < 1.29 is 5.11 Å². The number of fused-ring (bicyclic) bond motifs is 1. The van der Waals surface area contributed by atoms with Crippen LogP contribution in [0, 0.1) is 0 Å². The number of phenolic OH excluding ortho intramolecular Hbond substituents is 1. The van der Waals surface area contributed by atoms with E-state index >= 15 is 0 Å². The molecule has 18 heavy (non-hydrogen) atoms. The minimum Gasteiger partial charge on any atom is -0.507 e. The molecule has 1 heterocycles. The zero-order valence-corrected chi connectivity index (χ0v) is 9.96. The Bertz CT molecular complexity index is 731. The highest BCUT2D eigenvalue weighted by molar-refractivity contribution is 6.01. The Balaban J connectivity index is 2.41. The molecule has 0 bridgehead atoms. The fourth-order valence-electron chi connectivity index (χ4n) is 2.18. The second kappa shape index (κ2) is 3.77. The molecule has 0 radical (unpaired) electrons. The monoisotopic (exact) mass is 239 g/mol. The van der Waals surface area contributed by atoms with Crippen molar-refractivity contribution in [3.63, 3.8) is 0 Å². The summed E-state index contributed by atoms with van der Waals surface area (Å²) in [5.41, 5.74) is 7.48. The van der Waals surface area contributed by atoms with Crippen LogP contribution in [0.15, 0.2) is 42.6 Å². The van der Waals surface area contributed by atoms with Gasteiger partial charge in [0, 0.05) is 18.2 Å². The van der Waals surface area contributed by atoms with Crippen LogP contribution in [0.4, 0.5) is 5.82 Å². The molecule has 0 aliphatic rings. The topological polar surface area (TPSA) is 64.1 Å². The van der Waals surface area contributed by atoms with Gasteiger partial charge in [-0.15, -0.1) is 0 Å². The van der Waals surface area contributed by atoms with Crippen molar-refractivity contribution in [3.05, 3.63) is 42.6 Å². The van der Waals surface area contributed by atoms with Crippen molar-refractivity contribution in [2.45, 2.75) is 0 Å². The van der Waals surface area contributed by atoms with Crippen LogP contribution in [0.5, 0.6) is 5.75 Å². The van der Waals surface area contributed by atoms with E-state index in [4.69, 9.17) is 5.73 Å². The summed E-state index contributed by atoms with van der Waals surface area (Å²) in [6, 6.07) is 11.5. The van der Waals surface area contributed by atoms with E-state index in [1.165, 1.54) is 0 Å². The molecule has 3 aromatic rings. The summed E-state index contributed by atoms with van der Waals surface area (Å²) in [6.45, 7) is 0. The van der Waals surface area contributed by atoms with E-state index in [1.54, 1.807) is 24.0 Å². The molecule has 90 valence electrons. The molecule has 2 aromatic carbocycles. The van der Waals surface area contributed by atoms with Gasteiger partial charge < -0.3 is 10.8 Å².